The second-order valence-electron chi connectivity index (χ2n) is 7.63. The van der Waals surface area contributed by atoms with Crippen molar-refractivity contribution < 1.29 is 17.7 Å². The van der Waals surface area contributed by atoms with Crippen LogP contribution in [0.4, 0.5) is 11.4 Å². The molecule has 158 valence electrons. The fraction of sp³-hybridized carbons (Fsp3) is 0.478. The number of ether oxygens (including phenoxy) is 1. The first-order valence-corrected chi connectivity index (χ1v) is 12.1. The molecule has 1 atom stereocenters. The molecule has 1 unspecified atom stereocenters. The van der Waals surface area contributed by atoms with E-state index in [2.05, 4.69) is 19.9 Å². The number of unbranched alkanes of at least 4 members (excludes halogenated alkanes) is 2. The van der Waals surface area contributed by atoms with Crippen LogP contribution in [0.25, 0.3) is 0 Å². The van der Waals surface area contributed by atoms with E-state index < -0.39 is 15.5 Å². The largest absolute Gasteiger partial charge is 0.453 e. The molecule has 1 aliphatic heterocycles. The van der Waals surface area contributed by atoms with E-state index in [-0.39, 0.29) is 6.42 Å². The van der Waals surface area contributed by atoms with E-state index in [1.807, 2.05) is 30.3 Å². The van der Waals surface area contributed by atoms with Crippen LogP contribution in [0.3, 0.4) is 0 Å². The highest BCUT2D eigenvalue weighted by Gasteiger charge is 2.36. The number of hydrogen-bond donors (Lipinski definition) is 1. The molecule has 0 bridgehead atoms. The summed E-state index contributed by atoms with van der Waals surface area (Å²) in [6, 6.07) is 11.6. The molecule has 0 saturated carbocycles. The van der Waals surface area contributed by atoms with Crippen molar-refractivity contribution >= 4 is 21.5 Å². The predicted molar refractivity (Wildman–Crippen MR) is 118 cm³/mol. The Labute approximate surface area is 174 Å². The lowest BCUT2D eigenvalue weighted by atomic mass is 9.98. The van der Waals surface area contributed by atoms with Crippen molar-refractivity contribution in [3.05, 3.63) is 47.5 Å². The Hall–Kier alpha value is -2.05. The Morgan fingerprint density at radius 2 is 1.69 bits per heavy atom. The van der Waals surface area contributed by atoms with Gasteiger partial charge >= 0.3 is 0 Å². The smallest absolute Gasteiger partial charge is 0.286 e. The first-order valence-electron chi connectivity index (χ1n) is 10.6. The van der Waals surface area contributed by atoms with E-state index in [1.54, 1.807) is 11.8 Å². The molecule has 1 aliphatic rings. The van der Waals surface area contributed by atoms with Crippen LogP contribution in [0.5, 0.6) is 11.5 Å². The molecular formula is C23H31NO4S. The summed E-state index contributed by atoms with van der Waals surface area (Å²) in [5, 5.41) is -1.06. The third-order valence-corrected chi connectivity index (χ3v) is 6.63. The lowest BCUT2D eigenvalue weighted by Crippen LogP contribution is -2.39. The van der Waals surface area contributed by atoms with Crippen LogP contribution in [-0.4, -0.2) is 18.3 Å². The average molecular weight is 418 g/mol. The van der Waals surface area contributed by atoms with Gasteiger partial charge in [-0.1, -0.05) is 51.8 Å². The number of fused-ring (bicyclic) bond motifs is 2. The van der Waals surface area contributed by atoms with Crippen molar-refractivity contribution in [3.63, 3.8) is 0 Å². The van der Waals surface area contributed by atoms with Crippen LogP contribution in [0.1, 0.15) is 64.0 Å². The van der Waals surface area contributed by atoms with E-state index in [0.29, 0.717) is 17.2 Å². The van der Waals surface area contributed by atoms with E-state index >= 15 is 0 Å². The molecule has 6 heteroatoms. The highest BCUT2D eigenvalue weighted by Crippen LogP contribution is 2.50. The molecule has 0 saturated heterocycles. The van der Waals surface area contributed by atoms with Crippen molar-refractivity contribution in [1.29, 1.82) is 0 Å². The van der Waals surface area contributed by atoms with Gasteiger partial charge in [-0.3, -0.25) is 4.55 Å². The maximum atomic E-state index is 12.3. The molecule has 3 rings (SSSR count). The molecule has 0 aromatic heterocycles. The monoisotopic (exact) mass is 417 g/mol. The summed E-state index contributed by atoms with van der Waals surface area (Å²) >= 11 is 0. The topological polar surface area (TPSA) is 66.8 Å². The molecular weight excluding hydrogens is 386 g/mol. The molecule has 1 N–H and O–H groups in total. The molecule has 0 amide bonds. The molecule has 1 heterocycles. The van der Waals surface area contributed by atoms with Gasteiger partial charge in [0, 0.05) is 0 Å². The minimum atomic E-state index is -4.29. The SMILES string of the molecule is CCCCc1cc(CCCC)c2c(c1)N(C(CC)S(=O)(=O)O)c1ccccc1O2. The van der Waals surface area contributed by atoms with Gasteiger partial charge in [0.15, 0.2) is 16.9 Å². The van der Waals surface area contributed by atoms with E-state index in [1.165, 1.54) is 5.56 Å². The fourth-order valence-electron chi connectivity index (χ4n) is 3.93. The Bertz CT molecular complexity index is 955. The highest BCUT2D eigenvalue weighted by molar-refractivity contribution is 7.86. The summed E-state index contributed by atoms with van der Waals surface area (Å²) < 4.78 is 40.8. The van der Waals surface area contributed by atoms with E-state index in [9.17, 15) is 13.0 Å². The van der Waals surface area contributed by atoms with Gasteiger partial charge in [0.2, 0.25) is 0 Å². The normalized spacial score (nSPS) is 14.1. The van der Waals surface area contributed by atoms with Crippen LogP contribution in [0, 0.1) is 0 Å². The maximum Gasteiger partial charge on any atom is 0.286 e. The highest BCUT2D eigenvalue weighted by atomic mass is 32.2. The first kappa shape index (κ1) is 21.7. The Kier molecular flexibility index (Phi) is 6.85. The summed E-state index contributed by atoms with van der Waals surface area (Å²) in [5.74, 6) is 1.32. The lowest BCUT2D eigenvalue weighted by molar-refractivity contribution is 0.448. The van der Waals surface area contributed by atoms with Crippen molar-refractivity contribution in [2.45, 2.75) is 71.1 Å². The number of nitrogens with zero attached hydrogens (tertiary/aromatic N) is 1. The van der Waals surface area contributed by atoms with Gasteiger partial charge in [0.25, 0.3) is 10.1 Å². The minimum absolute atomic E-state index is 0.260. The third kappa shape index (κ3) is 4.59. The molecule has 0 spiro atoms. The third-order valence-electron chi connectivity index (χ3n) is 5.40. The van der Waals surface area contributed by atoms with Crippen molar-refractivity contribution in [2.75, 3.05) is 4.90 Å². The summed E-state index contributed by atoms with van der Waals surface area (Å²) in [5.41, 5.74) is 3.67. The molecule has 0 fully saturated rings. The van der Waals surface area contributed by atoms with E-state index in [4.69, 9.17) is 4.74 Å². The average Bonchev–Trinajstić information content (AvgIpc) is 2.69. The van der Waals surface area contributed by atoms with Gasteiger partial charge in [-0.15, -0.1) is 0 Å². The molecule has 29 heavy (non-hydrogen) atoms. The van der Waals surface area contributed by atoms with Gasteiger partial charge in [0.05, 0.1) is 11.4 Å². The molecule has 0 radical (unpaired) electrons. The number of aryl methyl sites for hydroxylation is 2. The summed E-state index contributed by atoms with van der Waals surface area (Å²) in [6.45, 7) is 6.09. The van der Waals surface area contributed by atoms with Gasteiger partial charge in [-0.2, -0.15) is 8.42 Å². The second-order valence-corrected chi connectivity index (χ2v) is 9.20. The molecule has 2 aromatic rings. The molecule has 0 aliphatic carbocycles. The molecule has 2 aromatic carbocycles. The number of hydrogen-bond acceptors (Lipinski definition) is 4. The number of para-hydroxylation sites is 2. The second kappa shape index (κ2) is 9.18. The summed E-state index contributed by atoms with van der Waals surface area (Å²) in [7, 11) is -4.29. The van der Waals surface area contributed by atoms with Gasteiger partial charge in [0.1, 0.15) is 0 Å². The summed E-state index contributed by atoms with van der Waals surface area (Å²) in [6.07, 6.45) is 6.32. The molecule has 5 nitrogen and oxygen atoms in total. The van der Waals surface area contributed by atoms with Gasteiger partial charge < -0.3 is 9.64 Å². The van der Waals surface area contributed by atoms with Crippen LogP contribution >= 0.6 is 0 Å². The van der Waals surface area contributed by atoms with Crippen LogP contribution in [0.15, 0.2) is 36.4 Å². The predicted octanol–water partition coefficient (Wildman–Crippen LogP) is 6.24. The zero-order valence-corrected chi connectivity index (χ0v) is 18.3. The zero-order valence-electron chi connectivity index (χ0n) is 17.5. The number of rotatable bonds is 9. The quantitative estimate of drug-likeness (QED) is 0.489. The zero-order chi connectivity index (χ0) is 21.0. The van der Waals surface area contributed by atoms with Crippen molar-refractivity contribution in [2.24, 2.45) is 0 Å². The minimum Gasteiger partial charge on any atom is -0.453 e. The number of benzene rings is 2. The maximum absolute atomic E-state index is 12.3. The Morgan fingerprint density at radius 3 is 2.34 bits per heavy atom. The number of anilines is 2. The van der Waals surface area contributed by atoms with Gasteiger partial charge in [-0.25, -0.2) is 0 Å². The summed E-state index contributed by atoms with van der Waals surface area (Å²) in [4.78, 5) is 1.74. The Morgan fingerprint density at radius 1 is 1.00 bits per heavy atom. The lowest BCUT2D eigenvalue weighted by Gasteiger charge is -2.37. The Balaban J connectivity index is 2.22. The van der Waals surface area contributed by atoms with Crippen LogP contribution in [-0.2, 0) is 23.0 Å². The van der Waals surface area contributed by atoms with Gasteiger partial charge in [-0.05, 0) is 61.4 Å². The first-order chi connectivity index (χ1) is 13.9. The van der Waals surface area contributed by atoms with Crippen LogP contribution < -0.4 is 9.64 Å². The fourth-order valence-corrected chi connectivity index (χ4v) is 4.85. The standard InChI is InChI=1S/C23H31NO4S/c1-4-7-11-17-15-18(12-8-5-2)23-20(16-17)24(22(6-3)29(25,26)27)19-13-9-10-14-21(19)28-23/h9-10,13-16,22H,4-8,11-12H2,1-3H3,(H,25,26,27). The van der Waals surface area contributed by atoms with Crippen molar-refractivity contribution in [3.8, 4) is 11.5 Å². The van der Waals surface area contributed by atoms with Crippen LogP contribution in [0.2, 0.25) is 0 Å². The van der Waals surface area contributed by atoms with Crippen molar-refractivity contribution in [1.82, 2.24) is 0 Å². The van der Waals surface area contributed by atoms with E-state index in [0.717, 1.165) is 49.8 Å².